The molecule has 0 aliphatic rings. The molecular formula is C13H12ClN3O2. The number of benzene rings is 1. The van der Waals surface area contributed by atoms with Crippen LogP contribution in [0.1, 0.15) is 10.4 Å². The fraction of sp³-hybridized carbons (Fsp3) is 0.0769. The number of anilines is 2. The highest BCUT2D eigenvalue weighted by atomic mass is 35.5. The Balaban J connectivity index is 2.14. The molecule has 5 nitrogen and oxygen atoms in total. The van der Waals surface area contributed by atoms with Crippen molar-refractivity contribution in [2.24, 2.45) is 0 Å². The smallest absolute Gasteiger partial charge is 0.257 e. The molecule has 1 heterocycles. The van der Waals surface area contributed by atoms with Gasteiger partial charge >= 0.3 is 0 Å². The second kappa shape index (κ2) is 5.58. The van der Waals surface area contributed by atoms with E-state index < -0.39 is 0 Å². The number of hydrogen-bond donors (Lipinski definition) is 2. The van der Waals surface area contributed by atoms with Crippen molar-refractivity contribution in [1.29, 1.82) is 0 Å². The number of halogens is 1. The molecule has 0 bridgehead atoms. The summed E-state index contributed by atoms with van der Waals surface area (Å²) in [4.78, 5) is 15.8. The van der Waals surface area contributed by atoms with E-state index in [1.165, 1.54) is 13.3 Å². The molecule has 0 radical (unpaired) electrons. The minimum absolute atomic E-state index is 0.284. The van der Waals surface area contributed by atoms with Crippen LogP contribution >= 0.6 is 11.6 Å². The Bertz CT molecular complexity index is 599. The third-order valence-electron chi connectivity index (χ3n) is 2.46. The van der Waals surface area contributed by atoms with Gasteiger partial charge in [-0.15, -0.1) is 0 Å². The molecule has 2 rings (SSSR count). The van der Waals surface area contributed by atoms with Crippen molar-refractivity contribution < 1.29 is 9.53 Å². The maximum Gasteiger partial charge on any atom is 0.257 e. The Labute approximate surface area is 115 Å². The highest BCUT2D eigenvalue weighted by molar-refractivity contribution is 6.32. The van der Waals surface area contributed by atoms with Gasteiger partial charge in [0, 0.05) is 11.9 Å². The van der Waals surface area contributed by atoms with E-state index in [2.05, 4.69) is 10.3 Å². The topological polar surface area (TPSA) is 77.2 Å². The second-order valence-electron chi connectivity index (χ2n) is 3.78. The van der Waals surface area contributed by atoms with E-state index in [1.807, 2.05) is 0 Å². The fourth-order valence-electron chi connectivity index (χ4n) is 1.49. The number of hydrogen-bond acceptors (Lipinski definition) is 4. The maximum absolute atomic E-state index is 11.9. The lowest BCUT2D eigenvalue weighted by molar-refractivity contribution is 0.102. The lowest BCUT2D eigenvalue weighted by atomic mass is 10.2. The molecule has 1 aromatic heterocycles. The number of carbonyl (C=O) groups excluding carboxylic acids is 1. The van der Waals surface area contributed by atoms with Crippen LogP contribution in [-0.2, 0) is 0 Å². The van der Waals surface area contributed by atoms with Crippen molar-refractivity contribution in [3.63, 3.8) is 0 Å². The van der Waals surface area contributed by atoms with Crippen LogP contribution in [0.25, 0.3) is 0 Å². The molecule has 1 amide bonds. The van der Waals surface area contributed by atoms with Crippen molar-refractivity contribution in [3.8, 4) is 5.75 Å². The Kier molecular flexibility index (Phi) is 3.87. The first kappa shape index (κ1) is 13.2. The summed E-state index contributed by atoms with van der Waals surface area (Å²) in [5, 5.41) is 3.14. The van der Waals surface area contributed by atoms with Gasteiger partial charge in [-0.3, -0.25) is 4.79 Å². The van der Waals surface area contributed by atoms with Gasteiger partial charge in [-0.25, -0.2) is 4.98 Å². The molecule has 98 valence electrons. The predicted octanol–water partition coefficient (Wildman–Crippen LogP) is 2.58. The number of amides is 1. The van der Waals surface area contributed by atoms with Crippen molar-refractivity contribution in [1.82, 2.24) is 4.98 Å². The van der Waals surface area contributed by atoms with Gasteiger partial charge < -0.3 is 15.8 Å². The van der Waals surface area contributed by atoms with Crippen LogP contribution < -0.4 is 15.8 Å². The average Bonchev–Trinajstić information content (AvgIpc) is 2.39. The van der Waals surface area contributed by atoms with Crippen LogP contribution in [0.3, 0.4) is 0 Å². The number of rotatable bonds is 3. The molecular weight excluding hydrogens is 266 g/mol. The highest BCUT2D eigenvalue weighted by Gasteiger charge is 2.08. The SMILES string of the molecule is COc1ccc(NC(=O)c2ccc(N)nc2)cc1Cl. The molecule has 6 heteroatoms. The number of nitrogens with one attached hydrogen (secondary N) is 1. The van der Waals surface area contributed by atoms with Gasteiger partial charge in [0.25, 0.3) is 5.91 Å². The van der Waals surface area contributed by atoms with E-state index >= 15 is 0 Å². The lowest BCUT2D eigenvalue weighted by Crippen LogP contribution is -2.12. The molecule has 0 atom stereocenters. The monoisotopic (exact) mass is 277 g/mol. The van der Waals surface area contributed by atoms with Crippen molar-refractivity contribution >= 4 is 29.0 Å². The zero-order valence-corrected chi connectivity index (χ0v) is 10.9. The summed E-state index contributed by atoms with van der Waals surface area (Å²) in [6.45, 7) is 0. The molecule has 0 saturated carbocycles. The summed E-state index contributed by atoms with van der Waals surface area (Å²) in [7, 11) is 1.53. The molecule has 0 saturated heterocycles. The van der Waals surface area contributed by atoms with Gasteiger partial charge in [-0.05, 0) is 30.3 Å². The zero-order chi connectivity index (χ0) is 13.8. The first-order valence-corrected chi connectivity index (χ1v) is 5.84. The Morgan fingerprint density at radius 1 is 1.37 bits per heavy atom. The third-order valence-corrected chi connectivity index (χ3v) is 2.75. The zero-order valence-electron chi connectivity index (χ0n) is 10.2. The minimum atomic E-state index is -0.284. The summed E-state index contributed by atoms with van der Waals surface area (Å²) in [6, 6.07) is 8.16. The molecule has 0 aliphatic heterocycles. The maximum atomic E-state index is 11.9. The standard InChI is InChI=1S/C13H12ClN3O2/c1-19-11-4-3-9(6-10(11)14)17-13(18)8-2-5-12(15)16-7-8/h2-7H,1H3,(H2,15,16)(H,17,18). The summed E-state index contributed by atoms with van der Waals surface area (Å²) >= 11 is 5.97. The van der Waals surface area contributed by atoms with E-state index in [9.17, 15) is 4.79 Å². The predicted molar refractivity (Wildman–Crippen MR) is 74.6 cm³/mol. The molecule has 0 unspecified atom stereocenters. The molecule has 0 spiro atoms. The Hall–Kier alpha value is -2.27. The lowest BCUT2D eigenvalue weighted by Gasteiger charge is -2.08. The number of aromatic nitrogens is 1. The fourth-order valence-corrected chi connectivity index (χ4v) is 1.74. The van der Waals surface area contributed by atoms with Crippen molar-refractivity contribution in [3.05, 3.63) is 47.1 Å². The number of pyridine rings is 1. The van der Waals surface area contributed by atoms with E-state index in [-0.39, 0.29) is 5.91 Å². The third kappa shape index (κ3) is 3.14. The summed E-state index contributed by atoms with van der Waals surface area (Å²) in [5.74, 6) is 0.631. The van der Waals surface area contributed by atoms with Gasteiger partial charge in [0.05, 0.1) is 17.7 Å². The molecule has 3 N–H and O–H groups in total. The largest absolute Gasteiger partial charge is 0.495 e. The number of carbonyl (C=O) groups is 1. The first-order valence-electron chi connectivity index (χ1n) is 5.46. The second-order valence-corrected chi connectivity index (χ2v) is 4.18. The van der Waals surface area contributed by atoms with Crippen molar-refractivity contribution in [2.45, 2.75) is 0 Å². The summed E-state index contributed by atoms with van der Waals surface area (Å²) < 4.78 is 5.03. The highest BCUT2D eigenvalue weighted by Crippen LogP contribution is 2.27. The van der Waals surface area contributed by atoms with Gasteiger partial charge in [0.2, 0.25) is 0 Å². The number of nitrogens with zero attached hydrogens (tertiary/aromatic N) is 1. The molecule has 19 heavy (non-hydrogen) atoms. The quantitative estimate of drug-likeness (QED) is 0.904. The van der Waals surface area contributed by atoms with E-state index in [1.54, 1.807) is 30.3 Å². The Morgan fingerprint density at radius 3 is 2.74 bits per heavy atom. The van der Waals surface area contributed by atoms with Crippen LogP contribution in [0.15, 0.2) is 36.5 Å². The van der Waals surface area contributed by atoms with E-state index in [0.717, 1.165) is 0 Å². The summed E-state index contributed by atoms with van der Waals surface area (Å²) in [5.41, 5.74) is 6.45. The van der Waals surface area contributed by atoms with E-state index in [0.29, 0.717) is 27.8 Å². The van der Waals surface area contributed by atoms with Gasteiger partial charge in [0.15, 0.2) is 0 Å². The first-order chi connectivity index (χ1) is 9.10. The number of nitrogens with two attached hydrogens (primary N) is 1. The number of ether oxygens (including phenoxy) is 1. The van der Waals surface area contributed by atoms with Crippen LogP contribution in [0.5, 0.6) is 5.75 Å². The van der Waals surface area contributed by atoms with Crippen LogP contribution in [0, 0.1) is 0 Å². The van der Waals surface area contributed by atoms with Gasteiger partial charge in [-0.2, -0.15) is 0 Å². The molecule has 0 aliphatic carbocycles. The molecule has 2 aromatic rings. The minimum Gasteiger partial charge on any atom is -0.495 e. The van der Waals surface area contributed by atoms with Crippen molar-refractivity contribution in [2.75, 3.05) is 18.2 Å². The number of methoxy groups -OCH3 is 1. The number of nitrogen functional groups attached to an aromatic ring is 1. The van der Waals surface area contributed by atoms with E-state index in [4.69, 9.17) is 22.1 Å². The normalized spacial score (nSPS) is 10.0. The average molecular weight is 278 g/mol. The van der Waals surface area contributed by atoms with Crippen LogP contribution in [0.4, 0.5) is 11.5 Å². The summed E-state index contributed by atoms with van der Waals surface area (Å²) in [6.07, 6.45) is 1.41. The molecule has 1 aromatic carbocycles. The molecule has 0 fully saturated rings. The van der Waals surface area contributed by atoms with Gasteiger partial charge in [-0.1, -0.05) is 11.6 Å². The van der Waals surface area contributed by atoms with Crippen LogP contribution in [-0.4, -0.2) is 18.0 Å². The Morgan fingerprint density at radius 2 is 2.16 bits per heavy atom. The van der Waals surface area contributed by atoms with Gasteiger partial charge in [0.1, 0.15) is 11.6 Å². The van der Waals surface area contributed by atoms with Crippen LogP contribution in [0.2, 0.25) is 5.02 Å².